The quantitative estimate of drug-likeness (QED) is 0.250. The zero-order valence-electron chi connectivity index (χ0n) is 12.8. The second-order valence-electron chi connectivity index (χ2n) is 6.07. The van der Waals surface area contributed by atoms with Crippen molar-refractivity contribution in [2.75, 3.05) is 6.61 Å². The lowest BCUT2D eigenvalue weighted by Crippen LogP contribution is -2.60. The SMILES string of the molecule is CCC1=CC(NC2C=C(CO)C(O)C(O)C2O)C(O)C(O)C1O. The lowest BCUT2D eigenvalue weighted by molar-refractivity contribution is -0.0796. The summed E-state index contributed by atoms with van der Waals surface area (Å²) in [5.41, 5.74) is 0.712. The normalized spacial score (nSPS) is 44.7. The largest absolute Gasteiger partial charge is 0.392 e. The molecule has 2 aliphatic rings. The summed E-state index contributed by atoms with van der Waals surface area (Å²) in [6.45, 7) is 1.32. The molecule has 2 rings (SSSR count). The fourth-order valence-electron chi connectivity index (χ4n) is 3.08. The van der Waals surface area contributed by atoms with Gasteiger partial charge in [0.25, 0.3) is 0 Å². The standard InChI is InChI=1S/C15H25NO7/c1-2-6-3-8(12(20)14(22)10(6)18)16-9-4-7(5-17)11(19)15(23)13(9)21/h3-4,8-23H,2,5H2,1H3. The van der Waals surface area contributed by atoms with Crippen molar-refractivity contribution in [2.24, 2.45) is 0 Å². The summed E-state index contributed by atoms with van der Waals surface area (Å²) in [5.74, 6) is 0. The number of hydrogen-bond acceptors (Lipinski definition) is 8. The van der Waals surface area contributed by atoms with E-state index in [1.165, 1.54) is 6.08 Å². The van der Waals surface area contributed by atoms with E-state index >= 15 is 0 Å². The van der Waals surface area contributed by atoms with Gasteiger partial charge in [0.1, 0.15) is 36.6 Å². The molecular weight excluding hydrogens is 306 g/mol. The molecule has 8 heteroatoms. The first-order valence-corrected chi connectivity index (χ1v) is 7.68. The third-order valence-electron chi connectivity index (χ3n) is 4.61. The van der Waals surface area contributed by atoms with E-state index in [0.29, 0.717) is 12.0 Å². The summed E-state index contributed by atoms with van der Waals surface area (Å²) < 4.78 is 0. The predicted molar refractivity (Wildman–Crippen MR) is 80.3 cm³/mol. The maximum absolute atomic E-state index is 10.1. The maximum Gasteiger partial charge on any atom is 0.111 e. The topological polar surface area (TPSA) is 154 Å². The third kappa shape index (κ3) is 3.49. The molecule has 0 spiro atoms. The van der Waals surface area contributed by atoms with Crippen molar-refractivity contribution in [3.63, 3.8) is 0 Å². The van der Waals surface area contributed by atoms with Gasteiger partial charge in [-0.15, -0.1) is 0 Å². The van der Waals surface area contributed by atoms with Crippen molar-refractivity contribution >= 4 is 0 Å². The van der Waals surface area contributed by atoms with Gasteiger partial charge in [0.15, 0.2) is 0 Å². The van der Waals surface area contributed by atoms with Gasteiger partial charge in [0, 0.05) is 0 Å². The molecule has 0 saturated carbocycles. The predicted octanol–water partition coefficient (Wildman–Crippen LogP) is -3.24. The Morgan fingerprint density at radius 1 is 0.783 bits per heavy atom. The number of rotatable bonds is 4. The van der Waals surface area contributed by atoms with Gasteiger partial charge in [-0.2, -0.15) is 0 Å². The maximum atomic E-state index is 10.1. The molecule has 8 N–H and O–H groups in total. The lowest BCUT2D eigenvalue weighted by atomic mass is 9.84. The molecule has 23 heavy (non-hydrogen) atoms. The zero-order chi connectivity index (χ0) is 17.3. The van der Waals surface area contributed by atoms with Crippen LogP contribution in [0.25, 0.3) is 0 Å². The molecule has 0 aromatic heterocycles. The monoisotopic (exact) mass is 331 g/mol. The van der Waals surface area contributed by atoms with Gasteiger partial charge in [0.05, 0.1) is 18.7 Å². The summed E-state index contributed by atoms with van der Waals surface area (Å²) in [6, 6.07) is -1.60. The highest BCUT2D eigenvalue weighted by molar-refractivity contribution is 5.25. The molecule has 0 amide bonds. The van der Waals surface area contributed by atoms with E-state index < -0.39 is 55.3 Å². The van der Waals surface area contributed by atoms with Crippen LogP contribution in [-0.2, 0) is 0 Å². The van der Waals surface area contributed by atoms with Crippen LogP contribution in [0.5, 0.6) is 0 Å². The van der Waals surface area contributed by atoms with Crippen LogP contribution in [0.3, 0.4) is 0 Å². The molecule has 0 heterocycles. The Hall–Kier alpha value is -0.840. The van der Waals surface area contributed by atoms with E-state index in [4.69, 9.17) is 0 Å². The van der Waals surface area contributed by atoms with Gasteiger partial charge in [-0.25, -0.2) is 0 Å². The first-order valence-electron chi connectivity index (χ1n) is 7.68. The summed E-state index contributed by atoms with van der Waals surface area (Å²) in [6.07, 6.45) is -4.56. The van der Waals surface area contributed by atoms with Gasteiger partial charge in [0.2, 0.25) is 0 Å². The molecule has 0 aromatic carbocycles. The molecule has 0 fully saturated rings. The summed E-state index contributed by atoms with van der Waals surface area (Å²) in [4.78, 5) is 0. The van der Waals surface area contributed by atoms with Crippen LogP contribution in [0, 0.1) is 0 Å². The molecule has 8 unspecified atom stereocenters. The van der Waals surface area contributed by atoms with Gasteiger partial charge in [-0.1, -0.05) is 19.1 Å². The van der Waals surface area contributed by atoms with E-state index in [1.807, 2.05) is 0 Å². The first-order chi connectivity index (χ1) is 10.8. The Kier molecular flexibility index (Phi) is 5.93. The van der Waals surface area contributed by atoms with Crippen molar-refractivity contribution in [1.82, 2.24) is 5.32 Å². The molecule has 0 radical (unpaired) electrons. The zero-order valence-corrected chi connectivity index (χ0v) is 12.8. The summed E-state index contributed by atoms with van der Waals surface area (Å²) in [7, 11) is 0. The van der Waals surface area contributed by atoms with Crippen LogP contribution in [0.4, 0.5) is 0 Å². The van der Waals surface area contributed by atoms with Gasteiger partial charge in [-0.3, -0.25) is 5.32 Å². The second kappa shape index (κ2) is 7.37. The Morgan fingerprint density at radius 2 is 1.22 bits per heavy atom. The Morgan fingerprint density at radius 3 is 1.65 bits per heavy atom. The smallest absolute Gasteiger partial charge is 0.111 e. The van der Waals surface area contributed by atoms with Crippen molar-refractivity contribution in [2.45, 2.75) is 62.1 Å². The Labute approximate surface area is 134 Å². The first kappa shape index (κ1) is 18.5. The van der Waals surface area contributed by atoms with E-state index in [0.717, 1.165) is 0 Å². The van der Waals surface area contributed by atoms with E-state index in [2.05, 4.69) is 5.32 Å². The fourth-order valence-corrected chi connectivity index (χ4v) is 3.08. The number of nitrogens with one attached hydrogen (secondary N) is 1. The van der Waals surface area contributed by atoms with Crippen molar-refractivity contribution in [1.29, 1.82) is 0 Å². The van der Waals surface area contributed by atoms with Crippen LogP contribution >= 0.6 is 0 Å². The van der Waals surface area contributed by atoms with E-state index in [1.54, 1.807) is 13.0 Å². The van der Waals surface area contributed by atoms with E-state index in [9.17, 15) is 35.7 Å². The highest BCUT2D eigenvalue weighted by Crippen LogP contribution is 2.25. The molecule has 0 saturated heterocycles. The fraction of sp³-hybridized carbons (Fsp3) is 0.733. The van der Waals surface area contributed by atoms with Crippen molar-refractivity contribution in [3.05, 3.63) is 23.3 Å². The number of hydrogen-bond donors (Lipinski definition) is 8. The molecule has 8 nitrogen and oxygen atoms in total. The molecule has 132 valence electrons. The molecular formula is C15H25NO7. The van der Waals surface area contributed by atoms with Crippen LogP contribution in [-0.4, -0.2) is 91.1 Å². The number of aliphatic hydroxyl groups is 7. The summed E-state index contributed by atoms with van der Waals surface area (Å²) in [5, 5.41) is 71.6. The molecule has 8 atom stereocenters. The van der Waals surface area contributed by atoms with Crippen LogP contribution in [0.2, 0.25) is 0 Å². The highest BCUT2D eigenvalue weighted by atomic mass is 16.4. The minimum Gasteiger partial charge on any atom is -0.392 e. The second-order valence-corrected chi connectivity index (χ2v) is 6.07. The molecule has 0 aromatic rings. The van der Waals surface area contributed by atoms with E-state index in [-0.39, 0.29) is 5.57 Å². The Balaban J connectivity index is 2.23. The highest BCUT2D eigenvalue weighted by Gasteiger charge is 2.41. The average Bonchev–Trinajstić information content (AvgIpc) is 2.55. The number of aliphatic hydroxyl groups excluding tert-OH is 7. The average molecular weight is 331 g/mol. The lowest BCUT2D eigenvalue weighted by Gasteiger charge is -2.40. The van der Waals surface area contributed by atoms with Gasteiger partial charge in [-0.05, 0) is 17.6 Å². The van der Waals surface area contributed by atoms with Crippen molar-refractivity contribution in [3.8, 4) is 0 Å². The molecule has 0 bridgehead atoms. The Bertz CT molecular complexity index is 438. The minimum absolute atomic E-state index is 0.158. The minimum atomic E-state index is -1.48. The van der Waals surface area contributed by atoms with Crippen LogP contribution in [0.15, 0.2) is 23.3 Å². The molecule has 2 aliphatic carbocycles. The van der Waals surface area contributed by atoms with Crippen LogP contribution < -0.4 is 5.32 Å². The summed E-state index contributed by atoms with van der Waals surface area (Å²) >= 11 is 0. The van der Waals surface area contributed by atoms with Gasteiger partial charge < -0.3 is 35.7 Å². The molecule has 0 aliphatic heterocycles. The van der Waals surface area contributed by atoms with Crippen LogP contribution in [0.1, 0.15) is 13.3 Å². The van der Waals surface area contributed by atoms with Crippen molar-refractivity contribution < 1.29 is 35.7 Å². The third-order valence-corrected chi connectivity index (χ3v) is 4.61. The van der Waals surface area contributed by atoms with Gasteiger partial charge >= 0.3 is 0 Å².